The van der Waals surface area contributed by atoms with Crippen molar-refractivity contribution in [2.24, 2.45) is 5.73 Å². The van der Waals surface area contributed by atoms with E-state index < -0.39 is 0 Å². The van der Waals surface area contributed by atoms with E-state index >= 15 is 0 Å². The molecule has 114 valence electrons. The van der Waals surface area contributed by atoms with E-state index in [1.165, 1.54) is 0 Å². The number of methoxy groups -OCH3 is 2. The van der Waals surface area contributed by atoms with Crippen LogP contribution in [0.3, 0.4) is 0 Å². The smallest absolute Gasteiger partial charge is 0.123 e. The Hall–Kier alpha value is -1.30. The number of rotatable bonds is 9. The highest BCUT2D eigenvalue weighted by molar-refractivity contribution is 5.42. The summed E-state index contributed by atoms with van der Waals surface area (Å²) in [6.07, 6.45) is 0.214. The van der Waals surface area contributed by atoms with Gasteiger partial charge in [0, 0.05) is 5.56 Å². The van der Waals surface area contributed by atoms with Crippen molar-refractivity contribution in [3.63, 3.8) is 0 Å². The summed E-state index contributed by atoms with van der Waals surface area (Å²) in [6, 6.07) is 5.29. The van der Waals surface area contributed by atoms with Gasteiger partial charge in [-0.2, -0.15) is 0 Å². The quantitative estimate of drug-likeness (QED) is 0.704. The standard InChI is InChI=1S/C15H25NO4/c1-11(2)20-8-7-19-10-14(16)13-9-12(17-3)5-6-15(13)18-4/h5-6,9,11,14H,7-8,10,16H2,1-4H3. The predicted molar refractivity (Wildman–Crippen MR) is 78.4 cm³/mol. The lowest BCUT2D eigenvalue weighted by Gasteiger charge is -2.17. The molecule has 0 saturated carbocycles. The average Bonchev–Trinajstić information content (AvgIpc) is 2.45. The first-order valence-corrected chi connectivity index (χ1v) is 6.75. The van der Waals surface area contributed by atoms with Crippen molar-refractivity contribution >= 4 is 0 Å². The molecule has 0 aromatic heterocycles. The van der Waals surface area contributed by atoms with Crippen molar-refractivity contribution < 1.29 is 18.9 Å². The lowest BCUT2D eigenvalue weighted by molar-refractivity contribution is 0.0160. The van der Waals surface area contributed by atoms with E-state index in [9.17, 15) is 0 Å². The van der Waals surface area contributed by atoms with Crippen molar-refractivity contribution in [2.45, 2.75) is 26.0 Å². The molecule has 1 aromatic rings. The molecule has 0 aliphatic rings. The fourth-order valence-electron chi connectivity index (χ4n) is 1.77. The molecule has 0 fully saturated rings. The molecule has 1 rings (SSSR count). The lowest BCUT2D eigenvalue weighted by Crippen LogP contribution is -2.20. The lowest BCUT2D eigenvalue weighted by atomic mass is 10.1. The first-order chi connectivity index (χ1) is 9.58. The molecule has 2 N–H and O–H groups in total. The van der Waals surface area contributed by atoms with E-state index in [4.69, 9.17) is 24.7 Å². The van der Waals surface area contributed by atoms with Gasteiger partial charge >= 0.3 is 0 Å². The van der Waals surface area contributed by atoms with Crippen LogP contribution < -0.4 is 15.2 Å². The Kier molecular flexibility index (Phi) is 7.36. The minimum Gasteiger partial charge on any atom is -0.497 e. The van der Waals surface area contributed by atoms with Gasteiger partial charge in [0.05, 0.1) is 46.2 Å². The molecular formula is C15H25NO4. The summed E-state index contributed by atoms with van der Waals surface area (Å²) in [5.74, 6) is 1.49. The predicted octanol–water partition coefficient (Wildman–Crippen LogP) is 2.15. The Morgan fingerprint density at radius 3 is 2.45 bits per heavy atom. The Morgan fingerprint density at radius 1 is 1.10 bits per heavy atom. The summed E-state index contributed by atoms with van der Waals surface area (Å²) in [7, 11) is 3.24. The van der Waals surface area contributed by atoms with Gasteiger partial charge in [-0.15, -0.1) is 0 Å². The van der Waals surface area contributed by atoms with Gasteiger partial charge < -0.3 is 24.7 Å². The highest BCUT2D eigenvalue weighted by Crippen LogP contribution is 2.28. The Labute approximate surface area is 121 Å². The molecule has 0 spiro atoms. The largest absolute Gasteiger partial charge is 0.497 e. The fourth-order valence-corrected chi connectivity index (χ4v) is 1.77. The number of nitrogens with two attached hydrogens (primary N) is 1. The van der Waals surface area contributed by atoms with Crippen molar-refractivity contribution in [3.8, 4) is 11.5 Å². The molecule has 0 saturated heterocycles. The Morgan fingerprint density at radius 2 is 1.85 bits per heavy atom. The summed E-state index contributed by atoms with van der Waals surface area (Å²) < 4.78 is 21.4. The Bertz CT molecular complexity index is 395. The highest BCUT2D eigenvalue weighted by Gasteiger charge is 2.13. The molecule has 1 aromatic carbocycles. The zero-order valence-electron chi connectivity index (χ0n) is 12.7. The summed E-state index contributed by atoms with van der Waals surface area (Å²) in [5.41, 5.74) is 7.01. The molecule has 5 nitrogen and oxygen atoms in total. The van der Waals surface area contributed by atoms with Gasteiger partial charge in [-0.25, -0.2) is 0 Å². The van der Waals surface area contributed by atoms with Crippen LogP contribution in [-0.2, 0) is 9.47 Å². The molecule has 0 amide bonds. The first kappa shape index (κ1) is 16.8. The minimum absolute atomic E-state index is 0.214. The Balaban J connectivity index is 2.51. The van der Waals surface area contributed by atoms with E-state index in [-0.39, 0.29) is 12.1 Å². The maximum atomic E-state index is 6.14. The van der Waals surface area contributed by atoms with E-state index in [1.54, 1.807) is 14.2 Å². The SMILES string of the molecule is COc1ccc(OC)c(C(N)COCCOC(C)C)c1. The third kappa shape index (κ3) is 5.36. The summed E-state index contributed by atoms with van der Waals surface area (Å²) in [6.45, 7) is 5.49. The monoisotopic (exact) mass is 283 g/mol. The minimum atomic E-state index is -0.265. The third-order valence-corrected chi connectivity index (χ3v) is 2.81. The summed E-state index contributed by atoms with van der Waals surface area (Å²) >= 11 is 0. The summed E-state index contributed by atoms with van der Waals surface area (Å²) in [5, 5.41) is 0. The molecular weight excluding hydrogens is 258 g/mol. The van der Waals surface area contributed by atoms with Crippen LogP contribution >= 0.6 is 0 Å². The second-order valence-electron chi connectivity index (χ2n) is 4.71. The van der Waals surface area contributed by atoms with Crippen LogP contribution in [0.2, 0.25) is 0 Å². The van der Waals surface area contributed by atoms with Gasteiger partial charge in [0.15, 0.2) is 0 Å². The highest BCUT2D eigenvalue weighted by atomic mass is 16.5. The maximum Gasteiger partial charge on any atom is 0.123 e. The van der Waals surface area contributed by atoms with Crippen LogP contribution in [0.4, 0.5) is 0 Å². The van der Waals surface area contributed by atoms with Crippen LogP contribution in [0.15, 0.2) is 18.2 Å². The number of ether oxygens (including phenoxy) is 4. The van der Waals surface area contributed by atoms with Crippen molar-refractivity contribution in [1.29, 1.82) is 0 Å². The van der Waals surface area contributed by atoms with Gasteiger partial charge in [0.1, 0.15) is 11.5 Å². The molecule has 0 radical (unpaired) electrons. The molecule has 0 aliphatic carbocycles. The molecule has 1 atom stereocenters. The zero-order chi connectivity index (χ0) is 15.0. The first-order valence-electron chi connectivity index (χ1n) is 6.75. The number of benzene rings is 1. The van der Waals surface area contributed by atoms with E-state index in [2.05, 4.69) is 0 Å². The molecule has 0 heterocycles. The van der Waals surface area contributed by atoms with Crippen LogP contribution in [-0.4, -0.2) is 40.1 Å². The van der Waals surface area contributed by atoms with Gasteiger partial charge in [-0.05, 0) is 32.0 Å². The van der Waals surface area contributed by atoms with E-state index in [1.807, 2.05) is 32.0 Å². The third-order valence-electron chi connectivity index (χ3n) is 2.81. The van der Waals surface area contributed by atoms with Crippen molar-refractivity contribution in [2.75, 3.05) is 34.0 Å². The second kappa shape index (κ2) is 8.79. The topological polar surface area (TPSA) is 62.9 Å². The zero-order valence-corrected chi connectivity index (χ0v) is 12.7. The van der Waals surface area contributed by atoms with Gasteiger partial charge in [-0.3, -0.25) is 0 Å². The number of hydrogen-bond acceptors (Lipinski definition) is 5. The van der Waals surface area contributed by atoms with Crippen molar-refractivity contribution in [1.82, 2.24) is 0 Å². The molecule has 20 heavy (non-hydrogen) atoms. The second-order valence-corrected chi connectivity index (χ2v) is 4.71. The van der Waals surface area contributed by atoms with Crippen molar-refractivity contribution in [3.05, 3.63) is 23.8 Å². The molecule has 1 unspecified atom stereocenters. The normalized spacial score (nSPS) is 12.5. The molecule has 0 aliphatic heterocycles. The molecule has 5 heteroatoms. The van der Waals surface area contributed by atoms with E-state index in [0.29, 0.717) is 19.8 Å². The van der Waals surface area contributed by atoms with Gasteiger partial charge in [-0.1, -0.05) is 0 Å². The summed E-state index contributed by atoms with van der Waals surface area (Å²) in [4.78, 5) is 0. The van der Waals surface area contributed by atoms with Crippen LogP contribution in [0.5, 0.6) is 11.5 Å². The van der Waals surface area contributed by atoms with E-state index in [0.717, 1.165) is 17.1 Å². The number of hydrogen-bond donors (Lipinski definition) is 1. The van der Waals surface area contributed by atoms with Gasteiger partial charge in [0.2, 0.25) is 0 Å². The van der Waals surface area contributed by atoms with Gasteiger partial charge in [0.25, 0.3) is 0 Å². The van der Waals surface area contributed by atoms with Crippen LogP contribution in [0.25, 0.3) is 0 Å². The maximum absolute atomic E-state index is 6.14. The fraction of sp³-hybridized carbons (Fsp3) is 0.600. The van der Waals surface area contributed by atoms with Crippen LogP contribution in [0.1, 0.15) is 25.5 Å². The molecule has 0 bridgehead atoms. The van der Waals surface area contributed by atoms with Crippen LogP contribution in [0, 0.1) is 0 Å². The average molecular weight is 283 g/mol.